The molecule has 0 radical (unpaired) electrons. The van der Waals surface area contributed by atoms with Crippen LogP contribution in [0.4, 0.5) is 10.1 Å². The zero-order valence-electron chi connectivity index (χ0n) is 9.95. The van der Waals surface area contributed by atoms with Crippen LogP contribution in [-0.2, 0) is 13.0 Å². The molecule has 2 aromatic rings. The van der Waals surface area contributed by atoms with Crippen LogP contribution in [0.25, 0.3) is 0 Å². The topological polar surface area (TPSA) is 21.3 Å². The summed E-state index contributed by atoms with van der Waals surface area (Å²) in [5, 5.41) is 3.27. The van der Waals surface area contributed by atoms with Crippen LogP contribution in [0.5, 0.6) is 5.75 Å². The molecule has 0 amide bonds. The van der Waals surface area contributed by atoms with E-state index >= 15 is 0 Å². The van der Waals surface area contributed by atoms with E-state index < -0.39 is 0 Å². The lowest BCUT2D eigenvalue weighted by Crippen LogP contribution is -1.99. The molecule has 92 valence electrons. The Bertz CT molecular complexity index is 551. The van der Waals surface area contributed by atoms with Gasteiger partial charge in [-0.25, -0.2) is 4.39 Å². The molecule has 1 aliphatic rings. The van der Waals surface area contributed by atoms with E-state index in [1.54, 1.807) is 12.1 Å². The van der Waals surface area contributed by atoms with Gasteiger partial charge < -0.3 is 10.1 Å². The summed E-state index contributed by atoms with van der Waals surface area (Å²) < 4.78 is 18.2. The third kappa shape index (κ3) is 2.30. The highest BCUT2D eigenvalue weighted by Gasteiger charge is 2.11. The number of benzene rings is 2. The van der Waals surface area contributed by atoms with Gasteiger partial charge in [0.1, 0.15) is 11.6 Å². The van der Waals surface area contributed by atoms with Crippen molar-refractivity contribution in [3.8, 4) is 5.75 Å². The second-order valence-electron chi connectivity index (χ2n) is 4.40. The minimum Gasteiger partial charge on any atom is -0.493 e. The highest BCUT2D eigenvalue weighted by Crippen LogP contribution is 2.26. The van der Waals surface area contributed by atoms with Gasteiger partial charge in [0.2, 0.25) is 0 Å². The summed E-state index contributed by atoms with van der Waals surface area (Å²) in [6.07, 6.45) is 0.986. The maximum Gasteiger partial charge on any atom is 0.123 e. The van der Waals surface area contributed by atoms with Gasteiger partial charge >= 0.3 is 0 Å². The van der Waals surface area contributed by atoms with Crippen LogP contribution in [-0.4, -0.2) is 6.61 Å². The first-order valence-corrected chi connectivity index (χ1v) is 6.05. The first kappa shape index (κ1) is 11.1. The van der Waals surface area contributed by atoms with E-state index in [1.807, 2.05) is 6.07 Å². The van der Waals surface area contributed by atoms with Crippen LogP contribution < -0.4 is 10.1 Å². The summed E-state index contributed by atoms with van der Waals surface area (Å²) in [6.45, 7) is 1.52. The number of rotatable bonds is 3. The molecule has 3 rings (SSSR count). The molecule has 0 unspecified atom stereocenters. The Kier molecular flexibility index (Phi) is 2.89. The number of hydrogen-bond acceptors (Lipinski definition) is 2. The van der Waals surface area contributed by atoms with Crippen LogP contribution in [0.15, 0.2) is 42.5 Å². The van der Waals surface area contributed by atoms with E-state index in [1.165, 1.54) is 23.3 Å². The molecule has 3 heteroatoms. The Morgan fingerprint density at radius 2 is 1.94 bits per heavy atom. The molecule has 0 saturated carbocycles. The number of anilines is 1. The van der Waals surface area contributed by atoms with E-state index in [0.29, 0.717) is 0 Å². The normalized spacial score (nSPS) is 12.9. The van der Waals surface area contributed by atoms with Crippen molar-refractivity contribution < 1.29 is 9.13 Å². The standard InChI is InChI=1S/C15H14FNO/c16-13-2-4-14(5-3-13)17-10-11-1-6-15-12(9-11)7-8-18-15/h1-6,9,17H,7-8,10H2. The number of ether oxygens (including phenoxy) is 1. The summed E-state index contributed by atoms with van der Waals surface area (Å²) in [7, 11) is 0. The van der Waals surface area contributed by atoms with E-state index in [-0.39, 0.29) is 5.82 Å². The average Bonchev–Trinajstić information content (AvgIpc) is 2.85. The molecule has 0 saturated heterocycles. The zero-order chi connectivity index (χ0) is 12.4. The van der Waals surface area contributed by atoms with Gasteiger partial charge in [0.05, 0.1) is 6.61 Å². The van der Waals surface area contributed by atoms with Crippen LogP contribution in [0, 0.1) is 5.82 Å². The van der Waals surface area contributed by atoms with Gasteiger partial charge in [-0.1, -0.05) is 12.1 Å². The van der Waals surface area contributed by atoms with Crippen molar-refractivity contribution in [1.29, 1.82) is 0 Å². The molecule has 0 atom stereocenters. The fourth-order valence-electron chi connectivity index (χ4n) is 2.12. The van der Waals surface area contributed by atoms with Gasteiger partial charge in [0.15, 0.2) is 0 Å². The number of hydrogen-bond donors (Lipinski definition) is 1. The van der Waals surface area contributed by atoms with Gasteiger partial charge in [-0.2, -0.15) is 0 Å². The predicted molar refractivity (Wildman–Crippen MR) is 69.4 cm³/mol. The second kappa shape index (κ2) is 4.69. The van der Waals surface area contributed by atoms with E-state index in [9.17, 15) is 4.39 Å². The second-order valence-corrected chi connectivity index (χ2v) is 4.40. The minimum absolute atomic E-state index is 0.213. The monoisotopic (exact) mass is 243 g/mol. The fourth-order valence-corrected chi connectivity index (χ4v) is 2.12. The lowest BCUT2D eigenvalue weighted by atomic mass is 10.1. The summed E-state index contributed by atoms with van der Waals surface area (Å²) in [5.41, 5.74) is 3.41. The number of nitrogens with one attached hydrogen (secondary N) is 1. The Hall–Kier alpha value is -2.03. The Labute approximate surface area is 105 Å². The van der Waals surface area contributed by atoms with Crippen molar-refractivity contribution >= 4 is 5.69 Å². The third-order valence-corrected chi connectivity index (χ3v) is 3.09. The van der Waals surface area contributed by atoms with E-state index in [0.717, 1.165) is 31.0 Å². The fraction of sp³-hybridized carbons (Fsp3) is 0.200. The highest BCUT2D eigenvalue weighted by molar-refractivity contribution is 5.45. The third-order valence-electron chi connectivity index (χ3n) is 3.09. The van der Waals surface area contributed by atoms with Gasteiger partial charge in [-0.05, 0) is 41.5 Å². The molecule has 1 aliphatic heterocycles. The van der Waals surface area contributed by atoms with Crippen LogP contribution >= 0.6 is 0 Å². The summed E-state index contributed by atoms with van der Waals surface area (Å²) >= 11 is 0. The quantitative estimate of drug-likeness (QED) is 0.892. The number of halogens is 1. The molecule has 0 bridgehead atoms. The average molecular weight is 243 g/mol. The lowest BCUT2D eigenvalue weighted by Gasteiger charge is -2.07. The van der Waals surface area contributed by atoms with Crippen molar-refractivity contribution in [2.45, 2.75) is 13.0 Å². The van der Waals surface area contributed by atoms with Crippen LogP contribution in [0.1, 0.15) is 11.1 Å². The largest absolute Gasteiger partial charge is 0.493 e. The maximum atomic E-state index is 12.8. The molecule has 0 fully saturated rings. The SMILES string of the molecule is Fc1ccc(NCc2ccc3c(c2)CCO3)cc1. The van der Waals surface area contributed by atoms with Gasteiger partial charge in [0.25, 0.3) is 0 Å². The van der Waals surface area contributed by atoms with Gasteiger partial charge in [0, 0.05) is 18.7 Å². The summed E-state index contributed by atoms with van der Waals surface area (Å²) in [6, 6.07) is 12.6. The van der Waals surface area contributed by atoms with Crippen molar-refractivity contribution in [2.75, 3.05) is 11.9 Å². The first-order chi connectivity index (χ1) is 8.81. The molecular formula is C15H14FNO. The van der Waals surface area contributed by atoms with Gasteiger partial charge in [-0.15, -0.1) is 0 Å². The highest BCUT2D eigenvalue weighted by atomic mass is 19.1. The maximum absolute atomic E-state index is 12.8. The molecule has 18 heavy (non-hydrogen) atoms. The molecule has 2 nitrogen and oxygen atoms in total. The Morgan fingerprint density at radius 3 is 2.78 bits per heavy atom. The molecule has 0 aliphatic carbocycles. The molecule has 0 spiro atoms. The molecule has 2 aromatic carbocycles. The zero-order valence-corrected chi connectivity index (χ0v) is 9.95. The van der Waals surface area contributed by atoms with Crippen molar-refractivity contribution in [2.24, 2.45) is 0 Å². The number of fused-ring (bicyclic) bond motifs is 1. The molecule has 0 aromatic heterocycles. The van der Waals surface area contributed by atoms with Crippen LogP contribution in [0.3, 0.4) is 0 Å². The van der Waals surface area contributed by atoms with E-state index in [2.05, 4.69) is 17.4 Å². The molecule has 1 N–H and O–H groups in total. The van der Waals surface area contributed by atoms with E-state index in [4.69, 9.17) is 4.74 Å². The Morgan fingerprint density at radius 1 is 1.11 bits per heavy atom. The minimum atomic E-state index is -0.213. The van der Waals surface area contributed by atoms with Crippen molar-refractivity contribution in [3.05, 3.63) is 59.4 Å². The molecule has 1 heterocycles. The summed E-state index contributed by atoms with van der Waals surface area (Å²) in [4.78, 5) is 0. The van der Waals surface area contributed by atoms with Crippen molar-refractivity contribution in [1.82, 2.24) is 0 Å². The molecular weight excluding hydrogens is 229 g/mol. The van der Waals surface area contributed by atoms with Crippen molar-refractivity contribution in [3.63, 3.8) is 0 Å². The Balaban J connectivity index is 1.68. The smallest absolute Gasteiger partial charge is 0.123 e. The summed E-state index contributed by atoms with van der Waals surface area (Å²) in [5.74, 6) is 0.788. The predicted octanol–water partition coefficient (Wildman–Crippen LogP) is 3.37. The van der Waals surface area contributed by atoms with Crippen LogP contribution in [0.2, 0.25) is 0 Å². The lowest BCUT2D eigenvalue weighted by molar-refractivity contribution is 0.357. The first-order valence-electron chi connectivity index (χ1n) is 6.05. The van der Waals surface area contributed by atoms with Gasteiger partial charge in [-0.3, -0.25) is 0 Å².